The molecule has 0 saturated heterocycles. The van der Waals surface area contributed by atoms with Crippen LogP contribution in [-0.2, 0) is 13.2 Å². The second-order valence-electron chi connectivity index (χ2n) is 6.03. The lowest BCUT2D eigenvalue weighted by atomic mass is 10.1. The summed E-state index contributed by atoms with van der Waals surface area (Å²) in [5.41, 5.74) is 2.30. The van der Waals surface area contributed by atoms with Crippen molar-refractivity contribution in [1.82, 2.24) is 5.32 Å². The van der Waals surface area contributed by atoms with E-state index in [0.29, 0.717) is 13.2 Å². The van der Waals surface area contributed by atoms with E-state index in [0.717, 1.165) is 22.6 Å². The highest BCUT2D eigenvalue weighted by Gasteiger charge is 2.13. The van der Waals surface area contributed by atoms with Gasteiger partial charge in [0.15, 0.2) is 0 Å². The molecule has 0 aliphatic rings. The van der Waals surface area contributed by atoms with Crippen LogP contribution >= 0.6 is 0 Å². The molecule has 0 saturated carbocycles. The van der Waals surface area contributed by atoms with Crippen LogP contribution in [0, 0.1) is 6.92 Å². The molecule has 1 N–H and O–H groups in total. The van der Waals surface area contributed by atoms with Crippen LogP contribution < -0.4 is 10.1 Å². The van der Waals surface area contributed by atoms with Gasteiger partial charge < -0.3 is 14.5 Å². The van der Waals surface area contributed by atoms with Gasteiger partial charge in [-0.05, 0) is 45.4 Å². The van der Waals surface area contributed by atoms with Crippen LogP contribution in [0.2, 0.25) is 0 Å². The number of nitrogens with one attached hydrogen (secondary N) is 1. The highest BCUT2D eigenvalue weighted by Crippen LogP contribution is 2.20. The minimum atomic E-state index is 0.0704. The molecule has 2 aromatic rings. The fourth-order valence-electron chi connectivity index (χ4n) is 1.87. The summed E-state index contributed by atoms with van der Waals surface area (Å²) in [7, 11) is 0. The van der Waals surface area contributed by atoms with Crippen molar-refractivity contribution in [2.45, 2.75) is 46.4 Å². The Morgan fingerprint density at radius 2 is 1.90 bits per heavy atom. The Hall–Kier alpha value is -1.74. The molecule has 0 radical (unpaired) electrons. The van der Waals surface area contributed by atoms with Crippen molar-refractivity contribution >= 4 is 0 Å². The van der Waals surface area contributed by atoms with Crippen LogP contribution in [0.5, 0.6) is 5.75 Å². The van der Waals surface area contributed by atoms with E-state index in [2.05, 4.69) is 26.1 Å². The van der Waals surface area contributed by atoms with Crippen LogP contribution in [0.15, 0.2) is 41.0 Å². The zero-order valence-electron chi connectivity index (χ0n) is 12.7. The van der Waals surface area contributed by atoms with E-state index in [-0.39, 0.29) is 5.54 Å². The highest BCUT2D eigenvalue weighted by molar-refractivity contribution is 5.32. The van der Waals surface area contributed by atoms with Gasteiger partial charge in [-0.3, -0.25) is 0 Å². The second kappa shape index (κ2) is 6.14. The summed E-state index contributed by atoms with van der Waals surface area (Å²) in [6, 6.07) is 10.0. The molecule has 3 heteroatoms. The first-order valence-electron chi connectivity index (χ1n) is 6.94. The maximum Gasteiger partial charge on any atom is 0.124 e. The molecular formula is C17H23NO2. The Bertz CT molecular complexity index is 552. The Morgan fingerprint density at radius 1 is 1.15 bits per heavy atom. The molecule has 0 fully saturated rings. The molecular weight excluding hydrogens is 250 g/mol. The van der Waals surface area contributed by atoms with Crippen LogP contribution in [0.4, 0.5) is 0 Å². The molecule has 1 heterocycles. The Labute approximate surface area is 121 Å². The number of aryl methyl sites for hydroxylation is 1. The standard InChI is InChI=1S/C17H23NO2/c1-13-7-5-6-8-15(13)20-12-14-9-10-19-16(14)11-18-17(2,3)4/h5-10,18H,11-12H2,1-4H3. The van der Waals surface area contributed by atoms with Gasteiger partial charge in [0.05, 0.1) is 12.8 Å². The second-order valence-corrected chi connectivity index (χ2v) is 6.03. The van der Waals surface area contributed by atoms with E-state index in [1.165, 1.54) is 0 Å². The van der Waals surface area contributed by atoms with Gasteiger partial charge in [0.25, 0.3) is 0 Å². The summed E-state index contributed by atoms with van der Waals surface area (Å²) in [6.45, 7) is 9.70. The van der Waals surface area contributed by atoms with E-state index in [1.807, 2.05) is 37.3 Å². The van der Waals surface area contributed by atoms with Gasteiger partial charge in [-0.25, -0.2) is 0 Å². The molecule has 0 atom stereocenters. The zero-order chi connectivity index (χ0) is 14.6. The summed E-state index contributed by atoms with van der Waals surface area (Å²) in [5, 5.41) is 3.42. The van der Waals surface area contributed by atoms with E-state index in [1.54, 1.807) is 6.26 Å². The van der Waals surface area contributed by atoms with Crippen LogP contribution in [0.3, 0.4) is 0 Å². The van der Waals surface area contributed by atoms with Gasteiger partial charge in [0, 0.05) is 11.1 Å². The number of hydrogen-bond donors (Lipinski definition) is 1. The molecule has 1 aromatic heterocycles. The first kappa shape index (κ1) is 14.7. The monoisotopic (exact) mass is 273 g/mol. The van der Waals surface area contributed by atoms with Gasteiger partial charge in [-0.15, -0.1) is 0 Å². The Balaban J connectivity index is 1.97. The van der Waals surface area contributed by atoms with Gasteiger partial charge >= 0.3 is 0 Å². The molecule has 3 nitrogen and oxygen atoms in total. The quantitative estimate of drug-likeness (QED) is 0.892. The molecule has 20 heavy (non-hydrogen) atoms. The third-order valence-corrected chi connectivity index (χ3v) is 3.09. The van der Waals surface area contributed by atoms with E-state index < -0.39 is 0 Å². The summed E-state index contributed by atoms with van der Waals surface area (Å²) >= 11 is 0. The summed E-state index contributed by atoms with van der Waals surface area (Å²) in [5.74, 6) is 1.86. The maximum atomic E-state index is 5.87. The SMILES string of the molecule is Cc1ccccc1OCc1ccoc1CNC(C)(C)C. The average Bonchev–Trinajstić information content (AvgIpc) is 2.82. The number of hydrogen-bond acceptors (Lipinski definition) is 3. The van der Waals surface area contributed by atoms with Crippen LogP contribution in [0.25, 0.3) is 0 Å². The van der Waals surface area contributed by atoms with Crippen molar-refractivity contribution in [2.24, 2.45) is 0 Å². The van der Waals surface area contributed by atoms with Gasteiger partial charge in [-0.2, -0.15) is 0 Å². The summed E-state index contributed by atoms with van der Waals surface area (Å²) in [6.07, 6.45) is 1.72. The highest BCUT2D eigenvalue weighted by atomic mass is 16.5. The molecule has 0 aliphatic carbocycles. The fourth-order valence-corrected chi connectivity index (χ4v) is 1.87. The third-order valence-electron chi connectivity index (χ3n) is 3.09. The van der Waals surface area contributed by atoms with Gasteiger partial charge in [-0.1, -0.05) is 18.2 Å². The Kier molecular flexibility index (Phi) is 4.50. The summed E-state index contributed by atoms with van der Waals surface area (Å²) < 4.78 is 11.4. The lowest BCUT2D eigenvalue weighted by molar-refractivity contribution is 0.297. The molecule has 0 bridgehead atoms. The van der Waals surface area contributed by atoms with Crippen LogP contribution in [0.1, 0.15) is 37.7 Å². The number of para-hydroxylation sites is 1. The maximum absolute atomic E-state index is 5.87. The predicted molar refractivity (Wildman–Crippen MR) is 80.8 cm³/mol. The van der Waals surface area contributed by atoms with E-state index in [9.17, 15) is 0 Å². The minimum absolute atomic E-state index is 0.0704. The molecule has 0 amide bonds. The van der Waals surface area contributed by atoms with Gasteiger partial charge in [0.1, 0.15) is 18.1 Å². The fraction of sp³-hybridized carbons (Fsp3) is 0.412. The summed E-state index contributed by atoms with van der Waals surface area (Å²) in [4.78, 5) is 0. The van der Waals surface area contributed by atoms with Gasteiger partial charge in [0.2, 0.25) is 0 Å². The van der Waals surface area contributed by atoms with Crippen molar-refractivity contribution in [3.05, 3.63) is 53.5 Å². The largest absolute Gasteiger partial charge is 0.489 e. The Morgan fingerprint density at radius 3 is 2.60 bits per heavy atom. The normalized spacial score (nSPS) is 11.6. The molecule has 0 unspecified atom stereocenters. The third kappa shape index (κ3) is 4.14. The first-order chi connectivity index (χ1) is 9.46. The molecule has 0 aliphatic heterocycles. The zero-order valence-corrected chi connectivity index (χ0v) is 12.7. The van der Waals surface area contributed by atoms with Crippen molar-refractivity contribution in [2.75, 3.05) is 0 Å². The van der Waals surface area contributed by atoms with E-state index >= 15 is 0 Å². The minimum Gasteiger partial charge on any atom is -0.489 e. The first-order valence-corrected chi connectivity index (χ1v) is 6.94. The number of furan rings is 1. The topological polar surface area (TPSA) is 34.4 Å². The van der Waals surface area contributed by atoms with E-state index in [4.69, 9.17) is 9.15 Å². The van der Waals surface area contributed by atoms with Crippen molar-refractivity contribution in [3.8, 4) is 5.75 Å². The number of rotatable bonds is 5. The molecule has 0 spiro atoms. The number of benzene rings is 1. The van der Waals surface area contributed by atoms with Crippen molar-refractivity contribution in [1.29, 1.82) is 0 Å². The average molecular weight is 273 g/mol. The lowest BCUT2D eigenvalue weighted by Crippen LogP contribution is -2.35. The molecule has 2 rings (SSSR count). The lowest BCUT2D eigenvalue weighted by Gasteiger charge is -2.20. The number of ether oxygens (including phenoxy) is 1. The van der Waals surface area contributed by atoms with Crippen molar-refractivity contribution in [3.63, 3.8) is 0 Å². The smallest absolute Gasteiger partial charge is 0.124 e. The molecule has 108 valence electrons. The molecule has 1 aromatic carbocycles. The van der Waals surface area contributed by atoms with Crippen LogP contribution in [-0.4, -0.2) is 5.54 Å². The predicted octanol–water partition coefficient (Wildman–Crippen LogP) is 4.06. The van der Waals surface area contributed by atoms with Crippen molar-refractivity contribution < 1.29 is 9.15 Å².